The lowest BCUT2D eigenvalue weighted by Crippen LogP contribution is -2.47. The summed E-state index contributed by atoms with van der Waals surface area (Å²) >= 11 is 10.4. The van der Waals surface area contributed by atoms with Crippen LogP contribution in [0, 0.1) is 11.7 Å². The SMILES string of the molecule is CC(C)(C)OC(=O)N1CCC(C(N[S@+]([O-])C(C)(C)C)c2c(O)cc(Cl)c(Cl)c2F)CC1. The number of hydrogen-bond acceptors (Lipinski definition) is 5. The van der Waals surface area contributed by atoms with Gasteiger partial charge in [0.05, 0.1) is 21.7 Å². The van der Waals surface area contributed by atoms with Crippen LogP contribution in [0.5, 0.6) is 5.75 Å². The lowest BCUT2D eigenvalue weighted by Gasteiger charge is -2.38. The van der Waals surface area contributed by atoms with Crippen LogP contribution in [0.2, 0.25) is 10.0 Å². The molecule has 10 heteroatoms. The van der Waals surface area contributed by atoms with Crippen LogP contribution in [0.4, 0.5) is 9.18 Å². The molecule has 1 aliphatic heterocycles. The summed E-state index contributed by atoms with van der Waals surface area (Å²) in [5, 5.41) is 10.1. The number of carbonyl (C=O) groups excluding carboxylic acids is 1. The molecule has 1 aromatic carbocycles. The summed E-state index contributed by atoms with van der Waals surface area (Å²) in [6, 6.07) is 0.405. The molecule has 31 heavy (non-hydrogen) atoms. The average Bonchev–Trinajstić information content (AvgIpc) is 2.63. The van der Waals surface area contributed by atoms with Crippen molar-refractivity contribution < 1.29 is 23.6 Å². The van der Waals surface area contributed by atoms with E-state index in [-0.39, 0.29) is 27.3 Å². The van der Waals surface area contributed by atoms with Gasteiger partial charge in [-0.05, 0) is 60.3 Å². The Labute approximate surface area is 196 Å². The molecule has 1 amide bonds. The number of benzene rings is 1. The molecular formula is C21H31Cl2FN2O4S. The summed E-state index contributed by atoms with van der Waals surface area (Å²) in [4.78, 5) is 14.0. The van der Waals surface area contributed by atoms with Crippen molar-refractivity contribution in [2.75, 3.05) is 13.1 Å². The highest BCUT2D eigenvalue weighted by atomic mass is 35.5. The second-order valence-electron chi connectivity index (χ2n) is 9.70. The van der Waals surface area contributed by atoms with Crippen LogP contribution in [-0.2, 0) is 16.1 Å². The molecule has 0 spiro atoms. The first kappa shape index (κ1) is 26.3. The smallest absolute Gasteiger partial charge is 0.410 e. The lowest BCUT2D eigenvalue weighted by atomic mass is 9.85. The summed E-state index contributed by atoms with van der Waals surface area (Å²) < 4.78 is 35.7. The predicted octanol–water partition coefficient (Wildman–Crippen LogP) is 5.58. The molecule has 2 N–H and O–H groups in total. The summed E-state index contributed by atoms with van der Waals surface area (Å²) in [6.07, 6.45) is 0.590. The fourth-order valence-corrected chi connectivity index (χ4v) is 4.55. The van der Waals surface area contributed by atoms with Crippen LogP contribution in [0.1, 0.15) is 66.0 Å². The van der Waals surface area contributed by atoms with Gasteiger partial charge in [-0.15, -0.1) is 4.72 Å². The van der Waals surface area contributed by atoms with E-state index in [1.807, 2.05) is 0 Å². The lowest BCUT2D eigenvalue weighted by molar-refractivity contribution is 0.0171. The largest absolute Gasteiger partial charge is 0.598 e. The highest BCUT2D eigenvalue weighted by Gasteiger charge is 2.39. The molecule has 176 valence electrons. The summed E-state index contributed by atoms with van der Waals surface area (Å²) in [6.45, 7) is 11.6. The maximum absolute atomic E-state index is 15.1. The molecule has 1 aromatic rings. The minimum Gasteiger partial charge on any atom is -0.598 e. The number of nitrogens with zero attached hydrogens (tertiary/aromatic N) is 1. The van der Waals surface area contributed by atoms with Crippen LogP contribution in [0.15, 0.2) is 6.07 Å². The van der Waals surface area contributed by atoms with E-state index in [0.29, 0.717) is 25.9 Å². The molecule has 1 saturated heterocycles. The number of phenols is 1. The number of halogens is 3. The fourth-order valence-electron chi connectivity index (χ4n) is 3.32. The number of nitrogens with one attached hydrogen (secondary N) is 1. The molecule has 1 aliphatic rings. The van der Waals surface area contributed by atoms with Crippen LogP contribution in [0.25, 0.3) is 0 Å². The van der Waals surface area contributed by atoms with Gasteiger partial charge in [-0.1, -0.05) is 23.2 Å². The quantitative estimate of drug-likeness (QED) is 0.419. The summed E-state index contributed by atoms with van der Waals surface area (Å²) in [7, 11) is 0. The Bertz CT molecular complexity index is 806. The molecule has 1 heterocycles. The van der Waals surface area contributed by atoms with E-state index >= 15 is 4.39 Å². The second kappa shape index (κ2) is 9.91. The normalized spacial score (nSPS) is 18.1. The van der Waals surface area contributed by atoms with Crippen LogP contribution >= 0.6 is 23.2 Å². The third-order valence-corrected chi connectivity index (χ3v) is 7.29. The van der Waals surface area contributed by atoms with Crippen molar-refractivity contribution in [2.24, 2.45) is 5.92 Å². The Morgan fingerprint density at radius 2 is 1.84 bits per heavy atom. The maximum atomic E-state index is 15.1. The first-order chi connectivity index (χ1) is 14.1. The molecule has 2 atom stereocenters. The van der Waals surface area contributed by atoms with E-state index in [4.69, 9.17) is 27.9 Å². The Balaban J connectivity index is 2.30. The van der Waals surface area contributed by atoms with Gasteiger partial charge in [-0.3, -0.25) is 0 Å². The van der Waals surface area contributed by atoms with E-state index in [1.54, 1.807) is 46.4 Å². The van der Waals surface area contributed by atoms with Gasteiger partial charge < -0.3 is 19.3 Å². The highest BCUT2D eigenvalue weighted by Crippen LogP contribution is 2.42. The third-order valence-electron chi connectivity index (χ3n) is 4.94. The highest BCUT2D eigenvalue weighted by molar-refractivity contribution is 7.90. The Hall–Kier alpha value is -0.930. The number of rotatable bonds is 4. The Morgan fingerprint density at radius 3 is 2.32 bits per heavy atom. The van der Waals surface area contributed by atoms with Gasteiger partial charge in [0, 0.05) is 30.5 Å². The van der Waals surface area contributed by atoms with E-state index < -0.39 is 39.7 Å². The molecule has 6 nitrogen and oxygen atoms in total. The molecule has 0 radical (unpaired) electrons. The monoisotopic (exact) mass is 496 g/mol. The van der Waals surface area contributed by atoms with Crippen LogP contribution in [-0.4, -0.2) is 44.1 Å². The van der Waals surface area contributed by atoms with E-state index in [9.17, 15) is 14.5 Å². The number of piperidine rings is 1. The van der Waals surface area contributed by atoms with Crippen LogP contribution in [0.3, 0.4) is 0 Å². The number of carbonyl (C=O) groups is 1. The van der Waals surface area contributed by atoms with Crippen molar-refractivity contribution in [3.63, 3.8) is 0 Å². The van der Waals surface area contributed by atoms with Crippen molar-refractivity contribution in [1.29, 1.82) is 0 Å². The number of hydrogen-bond donors (Lipinski definition) is 2. The Morgan fingerprint density at radius 1 is 1.29 bits per heavy atom. The van der Waals surface area contributed by atoms with E-state index in [0.717, 1.165) is 0 Å². The third kappa shape index (κ3) is 6.78. The number of phenolic OH excluding ortho intramolecular Hbond substituents is 1. The van der Waals surface area contributed by atoms with Crippen molar-refractivity contribution in [2.45, 2.75) is 70.8 Å². The Kier molecular flexibility index (Phi) is 8.42. The minimum atomic E-state index is -1.54. The van der Waals surface area contributed by atoms with Gasteiger partial charge in [-0.2, -0.15) is 0 Å². The second-order valence-corrected chi connectivity index (χ2v) is 12.5. The number of aromatic hydroxyl groups is 1. The van der Waals surface area contributed by atoms with Gasteiger partial charge >= 0.3 is 6.09 Å². The minimum absolute atomic E-state index is 0.0669. The molecule has 0 aliphatic carbocycles. The molecule has 1 fully saturated rings. The topological polar surface area (TPSA) is 84.9 Å². The molecule has 0 aromatic heterocycles. The van der Waals surface area contributed by atoms with Gasteiger partial charge in [0.1, 0.15) is 16.1 Å². The molecule has 0 bridgehead atoms. The standard InChI is InChI=1S/C21H31Cl2FN2O4S/c1-20(2,3)30-19(28)26-9-7-12(8-10-26)18(25-31(29)21(4,5)6)15-14(27)11-13(22)16(23)17(15)24/h11-12,18,25,27H,7-10H2,1-6H3/t18?,31-/m1/s1. The molecule has 2 rings (SSSR count). The maximum Gasteiger partial charge on any atom is 0.410 e. The van der Waals surface area contributed by atoms with E-state index in [2.05, 4.69) is 4.72 Å². The summed E-state index contributed by atoms with van der Waals surface area (Å²) in [5.74, 6) is -1.41. The number of likely N-dealkylation sites (tertiary alicyclic amines) is 1. The number of ether oxygens (including phenoxy) is 1. The first-order valence-electron chi connectivity index (χ1n) is 10.1. The van der Waals surface area contributed by atoms with Crippen LogP contribution < -0.4 is 4.72 Å². The van der Waals surface area contributed by atoms with Crippen molar-refractivity contribution >= 4 is 40.7 Å². The first-order valence-corrected chi connectivity index (χ1v) is 12.0. The zero-order valence-electron chi connectivity index (χ0n) is 18.7. The van der Waals surface area contributed by atoms with Gasteiger partial charge in [0.15, 0.2) is 5.82 Å². The van der Waals surface area contributed by atoms with Crippen molar-refractivity contribution in [3.8, 4) is 5.75 Å². The molecule has 0 saturated carbocycles. The summed E-state index contributed by atoms with van der Waals surface area (Å²) in [5.41, 5.74) is -0.668. The van der Waals surface area contributed by atoms with Gasteiger partial charge in [-0.25, -0.2) is 9.18 Å². The van der Waals surface area contributed by atoms with Gasteiger partial charge in [0.25, 0.3) is 0 Å². The van der Waals surface area contributed by atoms with Gasteiger partial charge in [0.2, 0.25) is 0 Å². The number of amides is 1. The van der Waals surface area contributed by atoms with Crippen molar-refractivity contribution in [3.05, 3.63) is 27.5 Å². The molecule has 1 unspecified atom stereocenters. The zero-order valence-corrected chi connectivity index (χ0v) is 21.1. The van der Waals surface area contributed by atoms with Crippen molar-refractivity contribution in [1.82, 2.24) is 9.62 Å². The molecular weight excluding hydrogens is 466 g/mol. The fraction of sp³-hybridized carbons (Fsp3) is 0.667. The predicted molar refractivity (Wildman–Crippen MR) is 122 cm³/mol. The zero-order chi connectivity index (χ0) is 23.7. The average molecular weight is 497 g/mol. The van der Waals surface area contributed by atoms with E-state index in [1.165, 1.54) is 6.07 Å².